The van der Waals surface area contributed by atoms with Crippen molar-refractivity contribution >= 4 is 11.9 Å². The van der Waals surface area contributed by atoms with Crippen LogP contribution in [0.15, 0.2) is 77.8 Å². The molecule has 126 valence electrons. The number of ether oxygens (including phenoxy) is 2. The van der Waals surface area contributed by atoms with Crippen LogP contribution in [0.4, 0.5) is 10.1 Å². The van der Waals surface area contributed by atoms with Gasteiger partial charge in [0.25, 0.3) is 0 Å². The van der Waals surface area contributed by atoms with E-state index >= 15 is 0 Å². The van der Waals surface area contributed by atoms with Crippen molar-refractivity contribution < 1.29 is 13.9 Å². The minimum Gasteiger partial charge on any atom is -0.493 e. The van der Waals surface area contributed by atoms with Crippen LogP contribution in [-0.4, -0.2) is 13.3 Å². The molecule has 0 atom stereocenters. The highest BCUT2D eigenvalue weighted by molar-refractivity contribution is 5.83. The molecule has 0 aliphatic rings. The summed E-state index contributed by atoms with van der Waals surface area (Å²) in [7, 11) is 1.57. The minimum absolute atomic E-state index is 0.139. The lowest BCUT2D eigenvalue weighted by atomic mass is 10.2. The summed E-state index contributed by atoms with van der Waals surface area (Å²) in [6.45, 7) is 0.139. The van der Waals surface area contributed by atoms with E-state index in [0.29, 0.717) is 17.1 Å². The SMILES string of the molecule is COc1cc(C=Nc2ccccc2)ccc1OCc1ccccc1F. The number of hydrogen-bond acceptors (Lipinski definition) is 3. The molecule has 0 aromatic heterocycles. The van der Waals surface area contributed by atoms with E-state index in [1.54, 1.807) is 37.6 Å². The van der Waals surface area contributed by atoms with Crippen LogP contribution < -0.4 is 9.47 Å². The van der Waals surface area contributed by atoms with Crippen LogP contribution in [0, 0.1) is 5.82 Å². The molecule has 3 nitrogen and oxygen atoms in total. The van der Waals surface area contributed by atoms with Gasteiger partial charge in [0, 0.05) is 11.8 Å². The number of benzene rings is 3. The zero-order valence-corrected chi connectivity index (χ0v) is 13.9. The van der Waals surface area contributed by atoms with Gasteiger partial charge >= 0.3 is 0 Å². The summed E-state index contributed by atoms with van der Waals surface area (Å²) in [5.41, 5.74) is 2.26. The zero-order valence-electron chi connectivity index (χ0n) is 13.9. The van der Waals surface area contributed by atoms with Gasteiger partial charge in [0.15, 0.2) is 11.5 Å². The summed E-state index contributed by atoms with van der Waals surface area (Å²) in [6.07, 6.45) is 1.76. The van der Waals surface area contributed by atoms with Gasteiger partial charge in [-0.3, -0.25) is 4.99 Å². The van der Waals surface area contributed by atoms with Gasteiger partial charge < -0.3 is 9.47 Å². The fraction of sp³-hybridized carbons (Fsp3) is 0.0952. The Morgan fingerprint density at radius 1 is 0.920 bits per heavy atom. The summed E-state index contributed by atoms with van der Waals surface area (Å²) >= 11 is 0. The standard InChI is InChI=1S/C21H18FNO2/c1-24-21-13-16(14-23-18-8-3-2-4-9-18)11-12-20(21)25-15-17-7-5-6-10-19(17)22/h2-14H,15H2,1H3. The average Bonchev–Trinajstić information content (AvgIpc) is 2.67. The van der Waals surface area contributed by atoms with Crippen LogP contribution >= 0.6 is 0 Å². The summed E-state index contributed by atoms with van der Waals surface area (Å²) in [6, 6.07) is 21.7. The van der Waals surface area contributed by atoms with E-state index in [1.807, 2.05) is 42.5 Å². The van der Waals surface area contributed by atoms with Crippen molar-refractivity contribution in [3.63, 3.8) is 0 Å². The van der Waals surface area contributed by atoms with Crippen molar-refractivity contribution in [2.24, 2.45) is 4.99 Å². The number of hydrogen-bond donors (Lipinski definition) is 0. The molecule has 3 aromatic rings. The summed E-state index contributed by atoms with van der Waals surface area (Å²) in [5.74, 6) is 0.851. The van der Waals surface area contributed by atoms with Crippen LogP contribution in [0.1, 0.15) is 11.1 Å². The van der Waals surface area contributed by atoms with Crippen LogP contribution in [-0.2, 0) is 6.61 Å². The molecule has 0 aliphatic carbocycles. The summed E-state index contributed by atoms with van der Waals surface area (Å²) < 4.78 is 24.8. The maximum Gasteiger partial charge on any atom is 0.161 e. The van der Waals surface area contributed by atoms with Crippen molar-refractivity contribution in [1.82, 2.24) is 0 Å². The maximum atomic E-state index is 13.7. The number of nitrogens with zero attached hydrogens (tertiary/aromatic N) is 1. The van der Waals surface area contributed by atoms with Gasteiger partial charge in [-0.05, 0) is 42.0 Å². The Morgan fingerprint density at radius 2 is 1.68 bits per heavy atom. The molecule has 0 fully saturated rings. The molecule has 0 heterocycles. The largest absolute Gasteiger partial charge is 0.493 e. The molecule has 0 bridgehead atoms. The number of rotatable bonds is 6. The monoisotopic (exact) mass is 335 g/mol. The third-order valence-corrected chi connectivity index (χ3v) is 3.65. The van der Waals surface area contributed by atoms with Crippen molar-refractivity contribution in [2.45, 2.75) is 6.61 Å². The first-order chi connectivity index (χ1) is 12.3. The Hall–Kier alpha value is -3.14. The van der Waals surface area contributed by atoms with Gasteiger partial charge in [-0.25, -0.2) is 4.39 Å². The van der Waals surface area contributed by atoms with Crippen LogP contribution in [0.3, 0.4) is 0 Å². The van der Waals surface area contributed by atoms with E-state index in [1.165, 1.54) is 6.07 Å². The highest BCUT2D eigenvalue weighted by Crippen LogP contribution is 2.28. The third-order valence-electron chi connectivity index (χ3n) is 3.65. The van der Waals surface area contributed by atoms with Crippen LogP contribution in [0.25, 0.3) is 0 Å². The lowest BCUT2D eigenvalue weighted by molar-refractivity contribution is 0.279. The number of aliphatic imine (C=N–C) groups is 1. The summed E-state index contributed by atoms with van der Waals surface area (Å²) in [5, 5.41) is 0. The Bertz CT molecular complexity index is 863. The van der Waals surface area contributed by atoms with Gasteiger partial charge in [0.05, 0.1) is 12.8 Å². The lowest BCUT2D eigenvalue weighted by Gasteiger charge is -2.11. The van der Waals surface area contributed by atoms with Gasteiger partial charge in [-0.2, -0.15) is 0 Å². The molecule has 3 aromatic carbocycles. The predicted octanol–water partition coefficient (Wildman–Crippen LogP) is 5.16. The van der Waals surface area contributed by atoms with Gasteiger partial charge in [0.1, 0.15) is 12.4 Å². The highest BCUT2D eigenvalue weighted by Gasteiger charge is 2.07. The van der Waals surface area contributed by atoms with Crippen LogP contribution in [0.5, 0.6) is 11.5 Å². The molecule has 3 rings (SSSR count). The predicted molar refractivity (Wildman–Crippen MR) is 97.4 cm³/mol. The molecule has 0 unspecified atom stereocenters. The molecule has 25 heavy (non-hydrogen) atoms. The van der Waals surface area contributed by atoms with E-state index < -0.39 is 0 Å². The molecule has 0 spiro atoms. The molecule has 0 amide bonds. The zero-order chi connectivity index (χ0) is 17.5. The van der Waals surface area contributed by atoms with Gasteiger partial charge in [0.2, 0.25) is 0 Å². The average molecular weight is 335 g/mol. The maximum absolute atomic E-state index is 13.7. The Labute approximate surface area is 146 Å². The van der Waals surface area contributed by atoms with E-state index in [9.17, 15) is 4.39 Å². The lowest BCUT2D eigenvalue weighted by Crippen LogP contribution is -2.00. The molecule has 4 heteroatoms. The Balaban J connectivity index is 1.73. The smallest absolute Gasteiger partial charge is 0.161 e. The van der Waals surface area contributed by atoms with Crippen molar-refractivity contribution in [1.29, 1.82) is 0 Å². The quantitative estimate of drug-likeness (QED) is 0.582. The summed E-state index contributed by atoms with van der Waals surface area (Å²) in [4.78, 5) is 4.42. The van der Waals surface area contributed by atoms with Crippen molar-refractivity contribution in [3.05, 3.63) is 89.7 Å². The minimum atomic E-state index is -0.284. The molecule has 0 aliphatic heterocycles. The second-order valence-electron chi connectivity index (χ2n) is 5.38. The molecular formula is C21H18FNO2. The first kappa shape index (κ1) is 16.7. The normalized spacial score (nSPS) is 10.8. The number of halogens is 1. The fourth-order valence-corrected chi connectivity index (χ4v) is 2.32. The Kier molecular flexibility index (Phi) is 5.42. The van der Waals surface area contributed by atoms with E-state index in [2.05, 4.69) is 4.99 Å². The first-order valence-electron chi connectivity index (χ1n) is 7.89. The molecular weight excluding hydrogens is 317 g/mol. The second kappa shape index (κ2) is 8.11. The second-order valence-corrected chi connectivity index (χ2v) is 5.38. The first-order valence-corrected chi connectivity index (χ1v) is 7.89. The highest BCUT2D eigenvalue weighted by atomic mass is 19.1. The third kappa shape index (κ3) is 4.44. The van der Waals surface area contributed by atoms with Gasteiger partial charge in [-0.1, -0.05) is 36.4 Å². The fourth-order valence-electron chi connectivity index (χ4n) is 2.32. The van der Waals surface area contributed by atoms with Crippen molar-refractivity contribution in [2.75, 3.05) is 7.11 Å². The Morgan fingerprint density at radius 3 is 2.44 bits per heavy atom. The number of methoxy groups -OCH3 is 1. The van der Waals surface area contributed by atoms with E-state index in [4.69, 9.17) is 9.47 Å². The molecule has 0 saturated heterocycles. The van der Waals surface area contributed by atoms with Crippen molar-refractivity contribution in [3.8, 4) is 11.5 Å². The molecule has 0 saturated carbocycles. The van der Waals surface area contributed by atoms with Gasteiger partial charge in [-0.15, -0.1) is 0 Å². The topological polar surface area (TPSA) is 30.8 Å². The van der Waals surface area contributed by atoms with E-state index in [-0.39, 0.29) is 12.4 Å². The van der Waals surface area contributed by atoms with Crippen LogP contribution in [0.2, 0.25) is 0 Å². The number of para-hydroxylation sites is 1. The van der Waals surface area contributed by atoms with E-state index in [0.717, 1.165) is 11.3 Å². The molecule has 0 radical (unpaired) electrons. The molecule has 0 N–H and O–H groups in total.